The molecule has 0 spiro atoms. The second-order valence-electron chi connectivity index (χ2n) is 11.6. The minimum absolute atomic E-state index is 0.0262. The highest BCUT2D eigenvalue weighted by Crippen LogP contribution is 2.35. The first kappa shape index (κ1) is 27.6. The van der Waals surface area contributed by atoms with Gasteiger partial charge in [0.05, 0.1) is 37.2 Å². The average Bonchev–Trinajstić information content (AvgIpc) is 3.28. The fourth-order valence-electron chi connectivity index (χ4n) is 6.54. The molecular weight excluding hydrogens is 502 g/mol. The molecule has 1 N–H and O–H groups in total. The molecule has 1 amide bonds. The normalized spacial score (nSPS) is 27.6. The van der Waals surface area contributed by atoms with E-state index < -0.39 is 10.0 Å². The van der Waals surface area contributed by atoms with E-state index in [1.54, 1.807) is 0 Å². The van der Waals surface area contributed by atoms with Crippen molar-refractivity contribution < 1.29 is 17.9 Å². The van der Waals surface area contributed by atoms with E-state index in [0.717, 1.165) is 63.7 Å². The van der Waals surface area contributed by atoms with Crippen LogP contribution in [0.2, 0.25) is 0 Å². The molecule has 5 rings (SSSR count). The maximum Gasteiger partial charge on any atom is 0.236 e. The van der Waals surface area contributed by atoms with Crippen molar-refractivity contribution in [1.82, 2.24) is 24.3 Å². The topological polar surface area (TPSA) is 96.8 Å². The van der Waals surface area contributed by atoms with Crippen molar-refractivity contribution in [1.29, 1.82) is 0 Å². The van der Waals surface area contributed by atoms with E-state index in [2.05, 4.69) is 32.9 Å². The Morgan fingerprint density at radius 1 is 1.08 bits per heavy atom. The largest absolute Gasteiger partial charge is 0.378 e. The van der Waals surface area contributed by atoms with E-state index in [0.29, 0.717) is 32.0 Å². The molecular formula is C28H43N5O4S. The quantitative estimate of drug-likeness (QED) is 0.548. The second-order valence-corrected chi connectivity index (χ2v) is 13.4. The second kappa shape index (κ2) is 12.0. The SMILES string of the molecule is Cn1ncc2cc(C3CCC(OC[C@@H]4CN(CC(=O)N5CCCCC5)CC[C@@H]4NS(C)(=O)=O)CC3)ccc21. The number of carbonyl (C=O) groups excluding carboxylic acids is 1. The predicted molar refractivity (Wildman–Crippen MR) is 148 cm³/mol. The number of fused-ring (bicyclic) bond motifs is 1. The molecule has 0 unspecified atom stereocenters. The summed E-state index contributed by atoms with van der Waals surface area (Å²) < 4.78 is 35.3. The monoisotopic (exact) mass is 545 g/mol. The van der Waals surface area contributed by atoms with Crippen LogP contribution in [0.15, 0.2) is 24.4 Å². The van der Waals surface area contributed by atoms with Crippen LogP contribution in [0.5, 0.6) is 0 Å². The van der Waals surface area contributed by atoms with Crippen molar-refractivity contribution in [3.8, 4) is 0 Å². The molecule has 3 aliphatic rings. The number of benzene rings is 1. The van der Waals surface area contributed by atoms with E-state index in [1.165, 1.54) is 23.6 Å². The fourth-order valence-corrected chi connectivity index (χ4v) is 7.40. The lowest BCUT2D eigenvalue weighted by atomic mass is 9.82. The molecule has 2 aliphatic heterocycles. The molecule has 2 aromatic rings. The summed E-state index contributed by atoms with van der Waals surface area (Å²) in [5.74, 6) is 0.755. The van der Waals surface area contributed by atoms with Crippen LogP contribution in [-0.4, -0.2) is 91.6 Å². The third-order valence-electron chi connectivity index (χ3n) is 8.71. The third kappa shape index (κ3) is 6.94. The Bertz CT molecular complexity index is 1200. The zero-order valence-electron chi connectivity index (χ0n) is 22.8. The molecule has 0 bridgehead atoms. The predicted octanol–water partition coefficient (Wildman–Crippen LogP) is 2.87. The van der Waals surface area contributed by atoms with Crippen LogP contribution >= 0.6 is 0 Å². The van der Waals surface area contributed by atoms with E-state index in [9.17, 15) is 13.2 Å². The number of hydrogen-bond donors (Lipinski definition) is 1. The maximum atomic E-state index is 12.8. The number of aromatic nitrogens is 2. The summed E-state index contributed by atoms with van der Waals surface area (Å²) in [7, 11) is -1.34. The zero-order chi connectivity index (χ0) is 26.7. The van der Waals surface area contributed by atoms with Gasteiger partial charge in [-0.1, -0.05) is 6.07 Å². The lowest BCUT2D eigenvalue weighted by Crippen LogP contribution is -2.54. The van der Waals surface area contributed by atoms with Gasteiger partial charge in [-0.2, -0.15) is 5.10 Å². The first-order chi connectivity index (χ1) is 18.2. The third-order valence-corrected chi connectivity index (χ3v) is 9.44. The number of hydrogen-bond acceptors (Lipinski definition) is 6. The summed E-state index contributed by atoms with van der Waals surface area (Å²) in [6.45, 7) is 4.03. The van der Waals surface area contributed by atoms with Crippen LogP contribution in [0, 0.1) is 5.92 Å². The molecule has 1 aliphatic carbocycles. The van der Waals surface area contributed by atoms with Gasteiger partial charge in [0, 0.05) is 50.6 Å². The molecule has 9 nitrogen and oxygen atoms in total. The van der Waals surface area contributed by atoms with Crippen molar-refractivity contribution in [2.75, 3.05) is 45.6 Å². The van der Waals surface area contributed by atoms with Crippen molar-refractivity contribution in [2.45, 2.75) is 69.4 Å². The van der Waals surface area contributed by atoms with Crippen LogP contribution < -0.4 is 4.72 Å². The van der Waals surface area contributed by atoms with Gasteiger partial charge >= 0.3 is 0 Å². The first-order valence-electron chi connectivity index (χ1n) is 14.3. The summed E-state index contributed by atoms with van der Waals surface area (Å²) in [4.78, 5) is 17.0. The number of carbonyl (C=O) groups is 1. The first-order valence-corrected chi connectivity index (χ1v) is 16.1. The average molecular weight is 546 g/mol. The van der Waals surface area contributed by atoms with Gasteiger partial charge in [-0.05, 0) is 75.0 Å². The maximum absolute atomic E-state index is 12.8. The van der Waals surface area contributed by atoms with Crippen molar-refractivity contribution in [3.05, 3.63) is 30.0 Å². The lowest BCUT2D eigenvalue weighted by Gasteiger charge is -2.40. The molecule has 0 radical (unpaired) electrons. The Balaban J connectivity index is 1.14. The lowest BCUT2D eigenvalue weighted by molar-refractivity contribution is -0.134. The molecule has 38 heavy (non-hydrogen) atoms. The van der Waals surface area contributed by atoms with Gasteiger partial charge in [0.15, 0.2) is 0 Å². The van der Waals surface area contributed by atoms with Crippen LogP contribution in [0.3, 0.4) is 0 Å². The van der Waals surface area contributed by atoms with Gasteiger partial charge in [-0.15, -0.1) is 0 Å². The minimum Gasteiger partial charge on any atom is -0.378 e. The molecule has 3 heterocycles. The highest BCUT2D eigenvalue weighted by atomic mass is 32.2. The van der Waals surface area contributed by atoms with Gasteiger partial charge in [-0.3, -0.25) is 14.4 Å². The minimum atomic E-state index is -3.31. The Morgan fingerprint density at radius 3 is 2.58 bits per heavy atom. The van der Waals surface area contributed by atoms with Gasteiger partial charge < -0.3 is 9.64 Å². The van der Waals surface area contributed by atoms with Crippen molar-refractivity contribution >= 4 is 26.8 Å². The fraction of sp³-hybridized carbons (Fsp3) is 0.714. The number of sulfonamides is 1. The Morgan fingerprint density at radius 2 is 1.84 bits per heavy atom. The van der Waals surface area contributed by atoms with Crippen LogP contribution in [0.25, 0.3) is 10.9 Å². The smallest absolute Gasteiger partial charge is 0.236 e. The summed E-state index contributed by atoms with van der Waals surface area (Å²) >= 11 is 0. The number of likely N-dealkylation sites (tertiary alicyclic amines) is 2. The van der Waals surface area contributed by atoms with Gasteiger partial charge in [0.1, 0.15) is 0 Å². The number of piperidine rings is 2. The van der Waals surface area contributed by atoms with E-state index in [-0.39, 0.29) is 24.0 Å². The summed E-state index contributed by atoms with van der Waals surface area (Å²) in [6, 6.07) is 6.52. The summed E-state index contributed by atoms with van der Waals surface area (Å²) in [6.07, 6.45) is 11.6. The number of nitrogens with zero attached hydrogens (tertiary/aromatic N) is 4. The Hall–Kier alpha value is -2.01. The van der Waals surface area contributed by atoms with E-state index in [1.807, 2.05) is 22.8 Å². The molecule has 1 aromatic heterocycles. The van der Waals surface area contributed by atoms with E-state index >= 15 is 0 Å². The molecule has 210 valence electrons. The van der Waals surface area contributed by atoms with Crippen LogP contribution in [-0.2, 0) is 26.6 Å². The number of rotatable bonds is 8. The zero-order valence-corrected chi connectivity index (χ0v) is 23.7. The molecule has 1 aromatic carbocycles. The van der Waals surface area contributed by atoms with Crippen LogP contribution in [0.1, 0.15) is 62.8 Å². The number of aryl methyl sites for hydroxylation is 1. The number of amides is 1. The molecule has 10 heteroatoms. The van der Waals surface area contributed by atoms with Crippen molar-refractivity contribution in [2.24, 2.45) is 13.0 Å². The highest BCUT2D eigenvalue weighted by molar-refractivity contribution is 7.88. The molecule has 3 fully saturated rings. The van der Waals surface area contributed by atoms with Gasteiger partial charge in [0.25, 0.3) is 0 Å². The Labute approximate surface area is 226 Å². The summed E-state index contributed by atoms with van der Waals surface area (Å²) in [5.41, 5.74) is 2.53. The standard InChI is InChI=1S/C28H43N5O4S/c1-31-27-11-8-22(16-23(27)17-29-31)21-6-9-25(10-7-21)37-20-24-18-32(15-12-26(24)30-38(2,35)36)19-28(34)33-13-4-3-5-14-33/h8,11,16-17,21,24-26,30H,3-7,9-10,12-15,18-20H2,1-2H3/t21?,24-,25?,26-/m0/s1. The van der Waals surface area contributed by atoms with Gasteiger partial charge in [0.2, 0.25) is 15.9 Å². The van der Waals surface area contributed by atoms with Gasteiger partial charge in [-0.25, -0.2) is 13.1 Å². The Kier molecular flexibility index (Phi) is 8.72. The molecule has 1 saturated carbocycles. The highest BCUT2D eigenvalue weighted by Gasteiger charge is 2.34. The number of ether oxygens (including phenoxy) is 1. The number of nitrogens with one attached hydrogen (secondary N) is 1. The van der Waals surface area contributed by atoms with Crippen molar-refractivity contribution in [3.63, 3.8) is 0 Å². The molecule has 2 saturated heterocycles. The summed E-state index contributed by atoms with van der Waals surface area (Å²) in [5, 5.41) is 5.55. The van der Waals surface area contributed by atoms with Crippen LogP contribution in [0.4, 0.5) is 0 Å². The van der Waals surface area contributed by atoms with E-state index in [4.69, 9.17) is 4.74 Å². The molecule has 2 atom stereocenters.